The lowest BCUT2D eigenvalue weighted by Crippen LogP contribution is -2.05. The predicted octanol–water partition coefficient (Wildman–Crippen LogP) is 3.73. The zero-order valence-electron chi connectivity index (χ0n) is 12.5. The molecule has 0 fully saturated rings. The van der Waals surface area contributed by atoms with Crippen LogP contribution in [0.3, 0.4) is 0 Å². The Morgan fingerprint density at radius 1 is 1.30 bits per heavy atom. The maximum atomic E-state index is 5.41. The zero-order chi connectivity index (χ0) is 14.9. The van der Waals surface area contributed by atoms with E-state index in [4.69, 9.17) is 4.74 Å². The summed E-state index contributed by atoms with van der Waals surface area (Å²) < 4.78 is 8.26. The quantitative estimate of drug-likeness (QED) is 0.923. The van der Waals surface area contributed by atoms with Crippen LogP contribution in [-0.4, -0.2) is 16.9 Å². The maximum absolute atomic E-state index is 5.41. The number of anilines is 1. The highest BCUT2D eigenvalue weighted by Crippen LogP contribution is 2.29. The Balaban J connectivity index is 2.26. The second-order valence-corrected chi connectivity index (χ2v) is 5.84. The van der Waals surface area contributed by atoms with Crippen LogP contribution in [0.5, 0.6) is 5.88 Å². The minimum atomic E-state index is 0.686. The normalized spacial score (nSPS) is 10.7. The van der Waals surface area contributed by atoms with E-state index < -0.39 is 0 Å². The van der Waals surface area contributed by atoms with E-state index >= 15 is 0 Å². The highest BCUT2D eigenvalue weighted by Gasteiger charge is 2.14. The third-order valence-corrected chi connectivity index (χ3v) is 3.98. The van der Waals surface area contributed by atoms with Gasteiger partial charge in [-0.2, -0.15) is 5.10 Å². The SMILES string of the molecule is COc1c(CNc2c(C)cc(C)cc2Br)c(C)nn1C. The molecule has 1 N–H and O–H groups in total. The number of benzene rings is 1. The first-order valence-corrected chi connectivity index (χ1v) is 7.30. The fourth-order valence-corrected chi connectivity index (χ4v) is 3.27. The molecule has 1 heterocycles. The van der Waals surface area contributed by atoms with Crippen molar-refractivity contribution in [2.45, 2.75) is 27.3 Å². The van der Waals surface area contributed by atoms with Gasteiger partial charge in [-0.3, -0.25) is 0 Å². The Kier molecular flexibility index (Phi) is 4.38. The molecule has 0 bridgehead atoms. The van der Waals surface area contributed by atoms with Gasteiger partial charge >= 0.3 is 0 Å². The summed E-state index contributed by atoms with van der Waals surface area (Å²) in [5.74, 6) is 0.802. The molecule has 2 aromatic rings. The van der Waals surface area contributed by atoms with Crippen molar-refractivity contribution >= 4 is 21.6 Å². The van der Waals surface area contributed by atoms with Crippen molar-refractivity contribution in [1.82, 2.24) is 9.78 Å². The van der Waals surface area contributed by atoms with Crippen LogP contribution >= 0.6 is 15.9 Å². The summed E-state index contributed by atoms with van der Waals surface area (Å²) >= 11 is 3.62. The van der Waals surface area contributed by atoms with Gasteiger partial charge in [0.1, 0.15) is 0 Å². The predicted molar refractivity (Wildman–Crippen MR) is 85.4 cm³/mol. The van der Waals surface area contributed by atoms with Gasteiger partial charge in [-0.1, -0.05) is 6.07 Å². The highest BCUT2D eigenvalue weighted by atomic mass is 79.9. The van der Waals surface area contributed by atoms with Crippen molar-refractivity contribution < 1.29 is 4.74 Å². The molecule has 1 aromatic heterocycles. The number of nitrogens with one attached hydrogen (secondary N) is 1. The summed E-state index contributed by atoms with van der Waals surface area (Å²) in [6.07, 6.45) is 0. The van der Waals surface area contributed by atoms with Gasteiger partial charge in [-0.15, -0.1) is 0 Å². The lowest BCUT2D eigenvalue weighted by atomic mass is 10.1. The van der Waals surface area contributed by atoms with Gasteiger partial charge in [-0.05, 0) is 53.9 Å². The molecule has 0 saturated carbocycles. The first kappa shape index (κ1) is 14.9. The van der Waals surface area contributed by atoms with Crippen molar-refractivity contribution in [1.29, 1.82) is 0 Å². The van der Waals surface area contributed by atoms with Crippen LogP contribution in [0.25, 0.3) is 0 Å². The molecular formula is C15H20BrN3O. The number of halogens is 1. The topological polar surface area (TPSA) is 39.1 Å². The fourth-order valence-electron chi connectivity index (χ4n) is 2.46. The average Bonchev–Trinajstić information content (AvgIpc) is 2.62. The number of hydrogen-bond donors (Lipinski definition) is 1. The monoisotopic (exact) mass is 337 g/mol. The Morgan fingerprint density at radius 2 is 2.00 bits per heavy atom. The Labute approximate surface area is 128 Å². The van der Waals surface area contributed by atoms with Gasteiger partial charge < -0.3 is 10.1 Å². The van der Waals surface area contributed by atoms with E-state index in [1.165, 1.54) is 11.1 Å². The molecule has 4 nitrogen and oxygen atoms in total. The summed E-state index contributed by atoms with van der Waals surface area (Å²) in [4.78, 5) is 0. The van der Waals surface area contributed by atoms with Crippen LogP contribution in [0.4, 0.5) is 5.69 Å². The van der Waals surface area contributed by atoms with E-state index in [0.717, 1.165) is 27.3 Å². The molecular weight excluding hydrogens is 318 g/mol. The maximum Gasteiger partial charge on any atom is 0.216 e. The van der Waals surface area contributed by atoms with Gasteiger partial charge in [0.15, 0.2) is 0 Å². The molecule has 0 atom stereocenters. The summed E-state index contributed by atoms with van der Waals surface area (Å²) in [6.45, 7) is 6.88. The van der Waals surface area contributed by atoms with Gasteiger partial charge in [0.2, 0.25) is 5.88 Å². The number of methoxy groups -OCH3 is 1. The second kappa shape index (κ2) is 5.87. The standard InChI is InChI=1S/C15H20BrN3O/c1-9-6-10(2)14(13(16)7-9)17-8-12-11(3)18-19(4)15(12)20-5/h6-7,17H,8H2,1-5H3. The van der Waals surface area contributed by atoms with Gasteiger partial charge in [0.05, 0.1) is 24.1 Å². The van der Waals surface area contributed by atoms with Crippen LogP contribution in [0, 0.1) is 20.8 Å². The molecule has 0 aliphatic heterocycles. The molecule has 2 rings (SSSR count). The first-order chi connectivity index (χ1) is 9.43. The third kappa shape index (κ3) is 2.82. The van der Waals surface area contributed by atoms with Crippen LogP contribution in [0.1, 0.15) is 22.4 Å². The molecule has 0 unspecified atom stereocenters. The van der Waals surface area contributed by atoms with Crippen LogP contribution in [0.15, 0.2) is 16.6 Å². The molecule has 20 heavy (non-hydrogen) atoms. The largest absolute Gasteiger partial charge is 0.481 e. The summed E-state index contributed by atoms with van der Waals surface area (Å²) in [7, 11) is 3.56. The molecule has 0 aliphatic carbocycles. The van der Waals surface area contributed by atoms with Gasteiger partial charge in [-0.25, -0.2) is 4.68 Å². The van der Waals surface area contributed by atoms with Gasteiger partial charge in [0.25, 0.3) is 0 Å². The van der Waals surface area contributed by atoms with Crippen molar-refractivity contribution in [3.05, 3.63) is 39.0 Å². The van der Waals surface area contributed by atoms with Crippen molar-refractivity contribution in [3.8, 4) is 5.88 Å². The average molecular weight is 338 g/mol. The van der Waals surface area contributed by atoms with E-state index in [1.807, 2.05) is 14.0 Å². The van der Waals surface area contributed by atoms with Crippen LogP contribution < -0.4 is 10.1 Å². The van der Waals surface area contributed by atoms with E-state index in [9.17, 15) is 0 Å². The molecule has 1 aromatic carbocycles. The fraction of sp³-hybridized carbons (Fsp3) is 0.400. The van der Waals surface area contributed by atoms with Crippen molar-refractivity contribution in [2.24, 2.45) is 7.05 Å². The van der Waals surface area contributed by atoms with Crippen molar-refractivity contribution in [3.63, 3.8) is 0 Å². The smallest absolute Gasteiger partial charge is 0.216 e. The lowest BCUT2D eigenvalue weighted by Gasteiger charge is -2.13. The number of rotatable bonds is 4. The van der Waals surface area contributed by atoms with E-state index in [2.05, 4.69) is 52.3 Å². The zero-order valence-corrected chi connectivity index (χ0v) is 14.1. The van der Waals surface area contributed by atoms with Crippen LogP contribution in [-0.2, 0) is 13.6 Å². The Hall–Kier alpha value is -1.49. The highest BCUT2D eigenvalue weighted by molar-refractivity contribution is 9.10. The Morgan fingerprint density at radius 3 is 2.60 bits per heavy atom. The van der Waals surface area contributed by atoms with E-state index in [-0.39, 0.29) is 0 Å². The van der Waals surface area contributed by atoms with Crippen molar-refractivity contribution in [2.75, 3.05) is 12.4 Å². The number of aromatic nitrogens is 2. The van der Waals surface area contributed by atoms with E-state index in [0.29, 0.717) is 6.54 Å². The van der Waals surface area contributed by atoms with Crippen LogP contribution in [0.2, 0.25) is 0 Å². The summed E-state index contributed by atoms with van der Waals surface area (Å²) in [6, 6.07) is 4.28. The number of aryl methyl sites for hydroxylation is 4. The number of nitrogens with zero attached hydrogens (tertiary/aromatic N) is 2. The third-order valence-electron chi connectivity index (χ3n) is 3.36. The molecule has 108 valence electrons. The molecule has 0 saturated heterocycles. The number of ether oxygens (including phenoxy) is 1. The molecule has 5 heteroatoms. The minimum absolute atomic E-state index is 0.686. The summed E-state index contributed by atoms with van der Waals surface area (Å²) in [5.41, 5.74) is 5.65. The molecule has 0 aliphatic rings. The lowest BCUT2D eigenvalue weighted by molar-refractivity contribution is 0.370. The number of hydrogen-bond acceptors (Lipinski definition) is 3. The first-order valence-electron chi connectivity index (χ1n) is 6.51. The molecule has 0 amide bonds. The van der Waals surface area contributed by atoms with E-state index in [1.54, 1.807) is 11.8 Å². The Bertz CT molecular complexity index is 611. The minimum Gasteiger partial charge on any atom is -0.481 e. The second-order valence-electron chi connectivity index (χ2n) is 4.99. The molecule has 0 spiro atoms. The summed E-state index contributed by atoms with van der Waals surface area (Å²) in [5, 5.41) is 7.87. The van der Waals surface area contributed by atoms with Gasteiger partial charge in [0, 0.05) is 18.1 Å². The molecule has 0 radical (unpaired) electrons.